The number of alkyl halides is 3. The van der Waals surface area contributed by atoms with Crippen LogP contribution in [0.3, 0.4) is 0 Å². The molecule has 0 aliphatic carbocycles. The van der Waals surface area contributed by atoms with E-state index in [0.29, 0.717) is 17.9 Å². The van der Waals surface area contributed by atoms with Gasteiger partial charge in [-0.25, -0.2) is 0 Å². The molecule has 0 fully saturated rings. The minimum atomic E-state index is -4.35. The number of nitrogens with one attached hydrogen (secondary N) is 1. The lowest BCUT2D eigenvalue weighted by molar-refractivity contribution is -0.825. The van der Waals surface area contributed by atoms with Crippen molar-refractivity contribution >= 4 is 5.70 Å². The number of benzene rings is 1. The van der Waals surface area contributed by atoms with Gasteiger partial charge in [0.1, 0.15) is 18.4 Å². The van der Waals surface area contributed by atoms with Gasteiger partial charge in [-0.1, -0.05) is 12.1 Å². The summed E-state index contributed by atoms with van der Waals surface area (Å²) in [5.74, 6) is 0. The Hall–Kier alpha value is -1.57. The van der Waals surface area contributed by atoms with Crippen molar-refractivity contribution < 1.29 is 22.6 Å². The molecule has 1 heterocycles. The molecule has 1 unspecified atom stereocenters. The molecule has 7 heteroatoms. The molecule has 0 bridgehead atoms. The van der Waals surface area contributed by atoms with E-state index in [4.69, 9.17) is 4.74 Å². The van der Waals surface area contributed by atoms with E-state index in [2.05, 4.69) is 5.32 Å². The Bertz CT molecular complexity index is 499. The summed E-state index contributed by atoms with van der Waals surface area (Å²) >= 11 is 0. The van der Waals surface area contributed by atoms with Gasteiger partial charge in [0.05, 0.1) is 12.2 Å². The molecule has 0 saturated heterocycles. The third kappa shape index (κ3) is 3.30. The normalized spacial score (nSPS) is 22.6. The van der Waals surface area contributed by atoms with Gasteiger partial charge >= 0.3 is 6.18 Å². The molecule has 1 aromatic carbocycles. The fourth-order valence-electron chi connectivity index (χ4n) is 1.95. The van der Waals surface area contributed by atoms with Gasteiger partial charge in [0.15, 0.2) is 6.67 Å². The predicted molar refractivity (Wildman–Crippen MR) is 67.8 cm³/mol. The number of ether oxygens (including phenoxy) is 1. The van der Waals surface area contributed by atoms with Gasteiger partial charge in [0, 0.05) is 12.7 Å². The molecule has 0 radical (unpaired) electrons. The quantitative estimate of drug-likeness (QED) is 0.684. The van der Waals surface area contributed by atoms with E-state index in [1.54, 1.807) is 0 Å². The van der Waals surface area contributed by atoms with Crippen molar-refractivity contribution in [2.45, 2.75) is 6.18 Å². The number of halogens is 3. The maximum Gasteiger partial charge on any atom is 0.416 e. The SMILES string of the molecule is COCC[N+]1([O-])C=C(c2ccc(C(F)(F)F)cc2)NC1. The van der Waals surface area contributed by atoms with Crippen LogP contribution in [0.5, 0.6) is 0 Å². The summed E-state index contributed by atoms with van der Waals surface area (Å²) in [6, 6.07) is 4.72. The largest absolute Gasteiger partial charge is 0.626 e. The standard InChI is InChI=1S/C13H15F3N2O2/c1-20-7-6-18(19)8-12(17-9-18)10-2-4-11(5-3-10)13(14,15)16/h2-5,8,17H,6-7,9H2,1H3. The summed E-state index contributed by atoms with van der Waals surface area (Å²) in [4.78, 5) is 0. The van der Waals surface area contributed by atoms with Crippen LogP contribution in [0.4, 0.5) is 13.2 Å². The number of hydrogen-bond donors (Lipinski definition) is 1. The molecule has 1 aliphatic rings. The highest BCUT2D eigenvalue weighted by Gasteiger charge is 2.30. The Labute approximate surface area is 114 Å². The van der Waals surface area contributed by atoms with Crippen molar-refractivity contribution in [3.8, 4) is 0 Å². The van der Waals surface area contributed by atoms with Crippen LogP contribution in [0, 0.1) is 5.21 Å². The molecule has 4 nitrogen and oxygen atoms in total. The number of methoxy groups -OCH3 is 1. The second-order valence-electron chi connectivity index (χ2n) is 4.62. The molecular weight excluding hydrogens is 273 g/mol. The average molecular weight is 288 g/mol. The third-order valence-corrected chi connectivity index (χ3v) is 3.10. The first kappa shape index (κ1) is 14.8. The summed E-state index contributed by atoms with van der Waals surface area (Å²) in [7, 11) is 1.51. The van der Waals surface area contributed by atoms with E-state index in [-0.39, 0.29) is 13.2 Å². The van der Waals surface area contributed by atoms with Gasteiger partial charge in [-0.15, -0.1) is 0 Å². The van der Waals surface area contributed by atoms with E-state index in [0.717, 1.165) is 12.1 Å². The highest BCUT2D eigenvalue weighted by molar-refractivity contribution is 5.64. The van der Waals surface area contributed by atoms with E-state index >= 15 is 0 Å². The molecule has 0 aromatic heterocycles. The number of nitrogens with zero attached hydrogens (tertiary/aromatic N) is 1. The predicted octanol–water partition coefficient (Wildman–Crippen LogP) is 2.53. The van der Waals surface area contributed by atoms with Crippen molar-refractivity contribution in [1.29, 1.82) is 0 Å². The fourth-order valence-corrected chi connectivity index (χ4v) is 1.95. The second kappa shape index (κ2) is 5.43. The van der Waals surface area contributed by atoms with Gasteiger partial charge in [0.25, 0.3) is 0 Å². The molecule has 0 amide bonds. The Morgan fingerprint density at radius 3 is 2.50 bits per heavy atom. The summed E-state index contributed by atoms with van der Waals surface area (Å²) in [5.41, 5.74) is 0.401. The highest BCUT2D eigenvalue weighted by Crippen LogP contribution is 2.30. The lowest BCUT2D eigenvalue weighted by atomic mass is 10.1. The van der Waals surface area contributed by atoms with Crippen LogP contribution < -0.4 is 5.32 Å². The van der Waals surface area contributed by atoms with Crippen LogP contribution in [0.2, 0.25) is 0 Å². The lowest BCUT2D eigenvalue weighted by Gasteiger charge is -2.34. The summed E-state index contributed by atoms with van der Waals surface area (Å²) in [6.45, 7) is 0.731. The highest BCUT2D eigenvalue weighted by atomic mass is 19.4. The summed E-state index contributed by atoms with van der Waals surface area (Å²) in [5, 5.41) is 15.1. The zero-order valence-corrected chi connectivity index (χ0v) is 10.9. The Balaban J connectivity index is 2.15. The minimum absolute atomic E-state index is 0.152. The van der Waals surface area contributed by atoms with Crippen LogP contribution in [0.1, 0.15) is 11.1 Å². The summed E-state index contributed by atoms with van der Waals surface area (Å²) in [6.07, 6.45) is -2.89. The number of rotatable bonds is 4. The number of hydroxylamine groups is 3. The van der Waals surface area contributed by atoms with Crippen molar-refractivity contribution in [3.05, 3.63) is 46.8 Å². The van der Waals surface area contributed by atoms with E-state index in [9.17, 15) is 18.4 Å². The second-order valence-corrected chi connectivity index (χ2v) is 4.62. The van der Waals surface area contributed by atoms with Gasteiger partial charge in [-0.05, 0) is 12.1 Å². The van der Waals surface area contributed by atoms with Crippen LogP contribution in [-0.4, -0.2) is 31.6 Å². The Kier molecular flexibility index (Phi) is 4.03. The third-order valence-electron chi connectivity index (χ3n) is 3.10. The smallest absolute Gasteiger partial charge is 0.416 e. The van der Waals surface area contributed by atoms with Gasteiger partial charge < -0.3 is 19.9 Å². The van der Waals surface area contributed by atoms with E-state index in [1.165, 1.54) is 25.4 Å². The molecule has 1 N–H and O–H groups in total. The molecule has 20 heavy (non-hydrogen) atoms. The zero-order chi connectivity index (χ0) is 14.8. The maximum atomic E-state index is 12.5. The first-order chi connectivity index (χ1) is 9.34. The lowest BCUT2D eigenvalue weighted by Crippen LogP contribution is -2.40. The van der Waals surface area contributed by atoms with Crippen LogP contribution in [0.25, 0.3) is 5.70 Å². The first-order valence-corrected chi connectivity index (χ1v) is 6.05. The van der Waals surface area contributed by atoms with E-state index < -0.39 is 16.4 Å². The molecule has 0 spiro atoms. The van der Waals surface area contributed by atoms with Crippen LogP contribution >= 0.6 is 0 Å². The van der Waals surface area contributed by atoms with Gasteiger partial charge in [-0.3, -0.25) is 0 Å². The molecule has 1 aliphatic heterocycles. The monoisotopic (exact) mass is 288 g/mol. The summed E-state index contributed by atoms with van der Waals surface area (Å²) < 4.78 is 41.7. The molecule has 110 valence electrons. The van der Waals surface area contributed by atoms with Crippen molar-refractivity contribution in [2.24, 2.45) is 0 Å². The van der Waals surface area contributed by atoms with E-state index in [1.807, 2.05) is 0 Å². The number of quaternary nitrogens is 1. The van der Waals surface area contributed by atoms with Crippen LogP contribution in [-0.2, 0) is 10.9 Å². The Morgan fingerprint density at radius 2 is 1.95 bits per heavy atom. The molecule has 1 atom stereocenters. The fraction of sp³-hybridized carbons (Fsp3) is 0.385. The molecule has 0 saturated carbocycles. The van der Waals surface area contributed by atoms with Crippen molar-refractivity contribution in [3.63, 3.8) is 0 Å². The van der Waals surface area contributed by atoms with Gasteiger partial charge in [-0.2, -0.15) is 13.2 Å². The van der Waals surface area contributed by atoms with Crippen molar-refractivity contribution in [1.82, 2.24) is 5.32 Å². The maximum absolute atomic E-state index is 12.5. The average Bonchev–Trinajstić information content (AvgIpc) is 2.79. The molecular formula is C13H15F3N2O2. The van der Waals surface area contributed by atoms with Gasteiger partial charge in [0.2, 0.25) is 0 Å². The number of hydrogen-bond acceptors (Lipinski definition) is 3. The topological polar surface area (TPSA) is 44.3 Å². The molecule has 2 rings (SSSR count). The zero-order valence-electron chi connectivity index (χ0n) is 10.9. The van der Waals surface area contributed by atoms with Crippen molar-refractivity contribution in [2.75, 3.05) is 26.9 Å². The van der Waals surface area contributed by atoms with Crippen LogP contribution in [0.15, 0.2) is 30.5 Å². The first-order valence-electron chi connectivity index (χ1n) is 6.05. The molecule has 1 aromatic rings. The minimum Gasteiger partial charge on any atom is -0.626 e. The Morgan fingerprint density at radius 1 is 1.30 bits per heavy atom.